The van der Waals surface area contributed by atoms with Gasteiger partial charge in [0.1, 0.15) is 11.5 Å². The molecule has 0 amide bonds. The first kappa shape index (κ1) is 19.2. The van der Waals surface area contributed by atoms with E-state index in [1.807, 2.05) is 0 Å². The van der Waals surface area contributed by atoms with Crippen molar-refractivity contribution in [3.8, 4) is 0 Å². The van der Waals surface area contributed by atoms with E-state index in [0.717, 1.165) is 24.5 Å². The van der Waals surface area contributed by atoms with Crippen molar-refractivity contribution in [3.63, 3.8) is 0 Å². The molecule has 0 aliphatic carbocycles. The monoisotopic (exact) mass is 393 g/mol. The number of anilines is 1. The molecule has 7 nitrogen and oxygen atoms in total. The molecule has 2 aromatic rings. The second-order valence-electron chi connectivity index (χ2n) is 6.35. The van der Waals surface area contributed by atoms with Crippen LogP contribution in [0.5, 0.6) is 0 Å². The van der Waals surface area contributed by atoms with Crippen LogP contribution in [0, 0.1) is 15.9 Å². The van der Waals surface area contributed by atoms with Gasteiger partial charge < -0.3 is 5.32 Å². The fraction of sp³-hybridized carbons (Fsp3) is 0.333. The zero-order valence-corrected chi connectivity index (χ0v) is 15.4. The minimum atomic E-state index is -3.72. The molecule has 3 rings (SSSR count). The van der Waals surface area contributed by atoms with Gasteiger partial charge in [-0.05, 0) is 49.1 Å². The molecule has 0 unspecified atom stereocenters. The van der Waals surface area contributed by atoms with Gasteiger partial charge in [-0.3, -0.25) is 10.1 Å². The molecule has 0 saturated carbocycles. The van der Waals surface area contributed by atoms with E-state index in [9.17, 15) is 22.9 Å². The molecule has 0 bridgehead atoms. The third-order valence-electron chi connectivity index (χ3n) is 4.49. The van der Waals surface area contributed by atoms with Gasteiger partial charge in [0.05, 0.1) is 9.82 Å². The molecule has 0 spiro atoms. The highest BCUT2D eigenvalue weighted by molar-refractivity contribution is 7.89. The van der Waals surface area contributed by atoms with E-state index in [0.29, 0.717) is 26.1 Å². The van der Waals surface area contributed by atoms with Crippen LogP contribution in [0.25, 0.3) is 0 Å². The third-order valence-corrected chi connectivity index (χ3v) is 6.38. The molecule has 1 aliphatic heterocycles. The number of nitrogens with zero attached hydrogens (tertiary/aromatic N) is 2. The number of sulfonamides is 1. The summed E-state index contributed by atoms with van der Waals surface area (Å²) in [5.74, 6) is -0.338. The molecule has 1 fully saturated rings. The minimum absolute atomic E-state index is 0.0771. The lowest BCUT2D eigenvalue weighted by Gasteiger charge is -2.16. The zero-order valence-electron chi connectivity index (χ0n) is 14.6. The molecule has 9 heteroatoms. The Labute approximate surface area is 157 Å². The number of hydrogen-bond acceptors (Lipinski definition) is 5. The number of halogens is 1. The number of rotatable bonds is 7. The van der Waals surface area contributed by atoms with Crippen molar-refractivity contribution in [2.75, 3.05) is 25.0 Å². The molecule has 27 heavy (non-hydrogen) atoms. The summed E-state index contributed by atoms with van der Waals surface area (Å²) in [6, 6.07) is 10.0. The Morgan fingerprint density at radius 2 is 1.89 bits per heavy atom. The minimum Gasteiger partial charge on any atom is -0.379 e. The molecule has 1 heterocycles. The van der Waals surface area contributed by atoms with E-state index in [-0.39, 0.29) is 22.1 Å². The summed E-state index contributed by atoms with van der Waals surface area (Å²) in [5, 5.41) is 14.3. The third kappa shape index (κ3) is 4.42. The number of nitro benzene ring substituents is 1. The maximum absolute atomic E-state index is 13.2. The summed E-state index contributed by atoms with van der Waals surface area (Å²) in [7, 11) is -3.72. The van der Waals surface area contributed by atoms with Gasteiger partial charge in [-0.1, -0.05) is 12.1 Å². The Balaban J connectivity index is 1.76. The van der Waals surface area contributed by atoms with Crippen LogP contribution in [0.3, 0.4) is 0 Å². The lowest BCUT2D eigenvalue weighted by molar-refractivity contribution is -0.384. The van der Waals surface area contributed by atoms with E-state index in [1.165, 1.54) is 28.6 Å². The van der Waals surface area contributed by atoms with Gasteiger partial charge in [-0.15, -0.1) is 0 Å². The van der Waals surface area contributed by atoms with Crippen LogP contribution in [-0.2, 0) is 16.4 Å². The normalized spacial score (nSPS) is 15.0. The number of benzene rings is 2. The highest BCUT2D eigenvalue weighted by Crippen LogP contribution is 2.30. The van der Waals surface area contributed by atoms with Crippen molar-refractivity contribution < 1.29 is 17.7 Å². The molecule has 0 radical (unpaired) electrons. The highest BCUT2D eigenvalue weighted by atomic mass is 32.2. The van der Waals surface area contributed by atoms with Crippen LogP contribution in [-0.4, -0.2) is 37.3 Å². The second kappa shape index (κ2) is 8.01. The van der Waals surface area contributed by atoms with Crippen LogP contribution in [0.4, 0.5) is 15.8 Å². The summed E-state index contributed by atoms with van der Waals surface area (Å²) in [6.45, 7) is 1.22. The summed E-state index contributed by atoms with van der Waals surface area (Å²) in [4.78, 5) is 10.7. The van der Waals surface area contributed by atoms with Gasteiger partial charge in [0.15, 0.2) is 0 Å². The van der Waals surface area contributed by atoms with Gasteiger partial charge in [-0.25, -0.2) is 12.8 Å². The summed E-state index contributed by atoms with van der Waals surface area (Å²) in [6.07, 6.45) is 2.06. The summed E-state index contributed by atoms with van der Waals surface area (Å²) < 4.78 is 39.7. The fourth-order valence-corrected chi connectivity index (χ4v) is 4.62. The SMILES string of the molecule is O=[N+]([O-])c1cc(S(=O)(=O)N2CCCC2)ccc1NCCc1cccc(F)c1. The Hall–Kier alpha value is -2.52. The summed E-state index contributed by atoms with van der Waals surface area (Å²) >= 11 is 0. The number of nitrogens with one attached hydrogen (secondary N) is 1. The van der Waals surface area contributed by atoms with Gasteiger partial charge >= 0.3 is 0 Å². The van der Waals surface area contributed by atoms with Crippen LogP contribution in [0.1, 0.15) is 18.4 Å². The predicted octanol–water partition coefficient (Wildman–Crippen LogP) is 3.17. The maximum atomic E-state index is 13.2. The van der Waals surface area contributed by atoms with Gasteiger partial charge in [0.25, 0.3) is 5.69 Å². The highest BCUT2D eigenvalue weighted by Gasteiger charge is 2.29. The van der Waals surface area contributed by atoms with Gasteiger partial charge in [0, 0.05) is 25.7 Å². The van der Waals surface area contributed by atoms with Crippen molar-refractivity contribution in [1.82, 2.24) is 4.31 Å². The average Bonchev–Trinajstić information content (AvgIpc) is 3.17. The predicted molar refractivity (Wildman–Crippen MR) is 99.7 cm³/mol. The zero-order chi connectivity index (χ0) is 19.4. The second-order valence-corrected chi connectivity index (χ2v) is 8.29. The van der Waals surface area contributed by atoms with Crippen molar-refractivity contribution >= 4 is 21.4 Å². The van der Waals surface area contributed by atoms with E-state index in [4.69, 9.17) is 0 Å². The van der Waals surface area contributed by atoms with E-state index >= 15 is 0 Å². The van der Waals surface area contributed by atoms with Crippen LogP contribution >= 0.6 is 0 Å². The summed E-state index contributed by atoms with van der Waals surface area (Å²) in [5.41, 5.74) is 0.699. The lowest BCUT2D eigenvalue weighted by Crippen LogP contribution is -2.27. The van der Waals surface area contributed by atoms with Crippen LogP contribution in [0.2, 0.25) is 0 Å². The largest absolute Gasteiger partial charge is 0.379 e. The molecule has 0 atom stereocenters. The quantitative estimate of drug-likeness (QED) is 0.576. The molecule has 0 aromatic heterocycles. The Bertz CT molecular complexity index is 943. The van der Waals surface area contributed by atoms with E-state index in [1.54, 1.807) is 12.1 Å². The van der Waals surface area contributed by atoms with Crippen LogP contribution in [0.15, 0.2) is 47.4 Å². The molecule has 1 saturated heterocycles. The van der Waals surface area contributed by atoms with Crippen molar-refractivity contribution in [2.24, 2.45) is 0 Å². The first-order valence-electron chi connectivity index (χ1n) is 8.65. The van der Waals surface area contributed by atoms with E-state index < -0.39 is 14.9 Å². The topological polar surface area (TPSA) is 92.5 Å². The molecular formula is C18H20FN3O4S. The molecule has 1 N–H and O–H groups in total. The van der Waals surface area contributed by atoms with Crippen molar-refractivity contribution in [3.05, 3.63) is 64.0 Å². The van der Waals surface area contributed by atoms with Crippen molar-refractivity contribution in [2.45, 2.75) is 24.2 Å². The average molecular weight is 393 g/mol. The Morgan fingerprint density at radius 3 is 2.56 bits per heavy atom. The maximum Gasteiger partial charge on any atom is 0.293 e. The smallest absolute Gasteiger partial charge is 0.293 e. The van der Waals surface area contributed by atoms with Gasteiger partial charge in [-0.2, -0.15) is 4.31 Å². The number of nitro groups is 1. The Morgan fingerprint density at radius 1 is 1.15 bits per heavy atom. The molecule has 144 valence electrons. The first-order valence-corrected chi connectivity index (χ1v) is 10.1. The molecular weight excluding hydrogens is 373 g/mol. The van der Waals surface area contributed by atoms with Crippen LogP contribution < -0.4 is 5.32 Å². The van der Waals surface area contributed by atoms with Gasteiger partial charge in [0.2, 0.25) is 10.0 Å². The van der Waals surface area contributed by atoms with Crippen molar-refractivity contribution in [1.29, 1.82) is 0 Å². The van der Waals surface area contributed by atoms with E-state index in [2.05, 4.69) is 5.32 Å². The first-order chi connectivity index (χ1) is 12.9. The lowest BCUT2D eigenvalue weighted by atomic mass is 10.1. The molecule has 1 aliphatic rings. The standard InChI is InChI=1S/C18H20FN3O4S/c19-15-5-3-4-14(12-15)8-9-20-17-7-6-16(13-18(17)22(23)24)27(25,26)21-10-1-2-11-21/h3-7,12-13,20H,1-2,8-11H2. The Kier molecular flexibility index (Phi) is 5.71. The fourth-order valence-electron chi connectivity index (χ4n) is 3.08. The molecule has 2 aromatic carbocycles. The number of hydrogen-bond donors (Lipinski definition) is 1.